The van der Waals surface area contributed by atoms with Gasteiger partial charge >= 0.3 is 0 Å². The van der Waals surface area contributed by atoms with Crippen molar-refractivity contribution >= 4 is 0 Å². The highest BCUT2D eigenvalue weighted by Gasteiger charge is 2.18. The van der Waals surface area contributed by atoms with Crippen molar-refractivity contribution in [2.45, 2.75) is 32.4 Å². The Morgan fingerprint density at radius 3 is 2.82 bits per heavy atom. The summed E-state index contributed by atoms with van der Waals surface area (Å²) in [5.74, 6) is 0. The molecule has 2 atom stereocenters. The number of rotatable bonds is 3. The highest BCUT2D eigenvalue weighted by atomic mass is 15.0. The lowest BCUT2D eigenvalue weighted by Crippen LogP contribution is -2.32. The molecule has 0 amide bonds. The molecule has 0 aromatic rings. The van der Waals surface area contributed by atoms with Crippen molar-refractivity contribution in [2.75, 3.05) is 13.6 Å². The van der Waals surface area contributed by atoms with Gasteiger partial charge in [-0.2, -0.15) is 0 Å². The van der Waals surface area contributed by atoms with Crippen LogP contribution in [0.15, 0.2) is 11.6 Å². The minimum absolute atomic E-state index is 0.567. The monoisotopic (exact) mass is 154 g/mol. The molecule has 0 aromatic heterocycles. The van der Waals surface area contributed by atoms with E-state index in [2.05, 4.69) is 30.6 Å². The molecule has 0 saturated carbocycles. The summed E-state index contributed by atoms with van der Waals surface area (Å²) in [6.07, 6.45) is 3.50. The van der Waals surface area contributed by atoms with E-state index in [0.29, 0.717) is 12.1 Å². The fraction of sp³-hybridized carbons (Fsp3) is 0.778. The van der Waals surface area contributed by atoms with E-state index in [0.717, 1.165) is 6.54 Å². The van der Waals surface area contributed by atoms with E-state index in [9.17, 15) is 0 Å². The zero-order chi connectivity index (χ0) is 8.27. The standard InChI is InChI=1S/C9H18N2/c1-7-6-8(2)11-9(7)4-5-10-3/h6,8-11H,4-5H2,1-3H3. The first kappa shape index (κ1) is 8.75. The molecule has 2 unspecified atom stereocenters. The molecule has 0 saturated heterocycles. The molecule has 0 aromatic carbocycles. The lowest BCUT2D eigenvalue weighted by atomic mass is 10.1. The molecule has 1 aliphatic heterocycles. The van der Waals surface area contributed by atoms with Crippen molar-refractivity contribution in [1.29, 1.82) is 0 Å². The van der Waals surface area contributed by atoms with Crippen LogP contribution in [0.4, 0.5) is 0 Å². The van der Waals surface area contributed by atoms with Gasteiger partial charge < -0.3 is 10.6 Å². The fourth-order valence-electron chi connectivity index (χ4n) is 1.61. The van der Waals surface area contributed by atoms with Crippen LogP contribution < -0.4 is 10.6 Å². The van der Waals surface area contributed by atoms with Gasteiger partial charge in [-0.3, -0.25) is 0 Å². The van der Waals surface area contributed by atoms with Crippen molar-refractivity contribution in [3.63, 3.8) is 0 Å². The number of hydrogen-bond donors (Lipinski definition) is 2. The minimum Gasteiger partial charge on any atom is -0.320 e. The summed E-state index contributed by atoms with van der Waals surface area (Å²) < 4.78 is 0. The normalized spacial score (nSPS) is 30.6. The first-order valence-corrected chi connectivity index (χ1v) is 4.33. The number of nitrogens with one attached hydrogen (secondary N) is 2. The van der Waals surface area contributed by atoms with Crippen LogP contribution in [-0.4, -0.2) is 25.7 Å². The molecule has 1 aliphatic rings. The Labute approximate surface area is 69.1 Å². The predicted octanol–water partition coefficient (Wildman–Crippen LogP) is 0.902. The Balaban J connectivity index is 2.32. The lowest BCUT2D eigenvalue weighted by molar-refractivity contribution is 0.533. The van der Waals surface area contributed by atoms with Gasteiger partial charge in [-0.1, -0.05) is 11.6 Å². The van der Waals surface area contributed by atoms with E-state index in [1.165, 1.54) is 12.0 Å². The summed E-state index contributed by atoms with van der Waals surface area (Å²) in [4.78, 5) is 0. The summed E-state index contributed by atoms with van der Waals surface area (Å²) in [5, 5.41) is 6.67. The zero-order valence-corrected chi connectivity index (χ0v) is 7.65. The third-order valence-corrected chi connectivity index (χ3v) is 2.21. The molecule has 64 valence electrons. The third-order valence-electron chi connectivity index (χ3n) is 2.21. The first-order chi connectivity index (χ1) is 5.24. The average Bonchev–Trinajstić information content (AvgIpc) is 2.26. The number of hydrogen-bond acceptors (Lipinski definition) is 2. The molecule has 2 N–H and O–H groups in total. The van der Waals surface area contributed by atoms with Crippen molar-refractivity contribution in [3.05, 3.63) is 11.6 Å². The van der Waals surface area contributed by atoms with Crippen molar-refractivity contribution in [2.24, 2.45) is 0 Å². The Morgan fingerprint density at radius 2 is 2.36 bits per heavy atom. The van der Waals surface area contributed by atoms with Crippen LogP contribution in [0.5, 0.6) is 0 Å². The van der Waals surface area contributed by atoms with Gasteiger partial charge in [-0.05, 0) is 33.9 Å². The Kier molecular flexibility index (Phi) is 3.09. The van der Waals surface area contributed by atoms with Crippen LogP contribution in [0.2, 0.25) is 0 Å². The quantitative estimate of drug-likeness (QED) is 0.590. The van der Waals surface area contributed by atoms with Gasteiger partial charge in [0.1, 0.15) is 0 Å². The molecule has 1 heterocycles. The van der Waals surface area contributed by atoms with Gasteiger partial charge in [0.2, 0.25) is 0 Å². The van der Waals surface area contributed by atoms with Gasteiger partial charge in [-0.25, -0.2) is 0 Å². The molecule has 0 spiro atoms. The molecule has 0 radical (unpaired) electrons. The topological polar surface area (TPSA) is 24.1 Å². The predicted molar refractivity (Wildman–Crippen MR) is 48.7 cm³/mol. The first-order valence-electron chi connectivity index (χ1n) is 4.33. The molecule has 2 nitrogen and oxygen atoms in total. The second-order valence-electron chi connectivity index (χ2n) is 3.31. The SMILES string of the molecule is CNCCC1NC(C)C=C1C. The van der Waals surface area contributed by atoms with E-state index >= 15 is 0 Å². The molecule has 1 rings (SSSR count). The van der Waals surface area contributed by atoms with Crippen molar-refractivity contribution < 1.29 is 0 Å². The maximum absolute atomic E-state index is 3.51. The van der Waals surface area contributed by atoms with Gasteiger partial charge in [0.05, 0.1) is 0 Å². The van der Waals surface area contributed by atoms with Gasteiger partial charge in [0, 0.05) is 12.1 Å². The minimum atomic E-state index is 0.567. The molecule has 2 heteroatoms. The highest BCUT2D eigenvalue weighted by Crippen LogP contribution is 2.14. The van der Waals surface area contributed by atoms with E-state index < -0.39 is 0 Å². The Hall–Kier alpha value is -0.340. The molecule has 0 aliphatic carbocycles. The van der Waals surface area contributed by atoms with E-state index in [1.807, 2.05) is 7.05 Å². The van der Waals surface area contributed by atoms with Crippen molar-refractivity contribution in [1.82, 2.24) is 10.6 Å². The summed E-state index contributed by atoms with van der Waals surface area (Å²) >= 11 is 0. The summed E-state index contributed by atoms with van der Waals surface area (Å²) in [6.45, 7) is 5.50. The van der Waals surface area contributed by atoms with E-state index in [-0.39, 0.29) is 0 Å². The van der Waals surface area contributed by atoms with E-state index in [1.54, 1.807) is 0 Å². The summed E-state index contributed by atoms with van der Waals surface area (Å²) in [7, 11) is 2.00. The smallest absolute Gasteiger partial charge is 0.0294 e. The molecular weight excluding hydrogens is 136 g/mol. The van der Waals surface area contributed by atoms with Gasteiger partial charge in [0.15, 0.2) is 0 Å². The van der Waals surface area contributed by atoms with Crippen LogP contribution in [0.25, 0.3) is 0 Å². The maximum Gasteiger partial charge on any atom is 0.0294 e. The lowest BCUT2D eigenvalue weighted by Gasteiger charge is -2.13. The molecule has 11 heavy (non-hydrogen) atoms. The zero-order valence-electron chi connectivity index (χ0n) is 7.65. The van der Waals surface area contributed by atoms with E-state index in [4.69, 9.17) is 0 Å². The molecular formula is C9H18N2. The van der Waals surface area contributed by atoms with Crippen LogP contribution in [-0.2, 0) is 0 Å². The second-order valence-corrected chi connectivity index (χ2v) is 3.31. The van der Waals surface area contributed by atoms with Gasteiger partial charge in [0.25, 0.3) is 0 Å². The molecule has 0 bridgehead atoms. The second kappa shape index (κ2) is 3.88. The average molecular weight is 154 g/mol. The van der Waals surface area contributed by atoms with Crippen LogP contribution >= 0.6 is 0 Å². The van der Waals surface area contributed by atoms with Crippen LogP contribution in [0, 0.1) is 0 Å². The van der Waals surface area contributed by atoms with Crippen molar-refractivity contribution in [3.8, 4) is 0 Å². The molecule has 0 fully saturated rings. The van der Waals surface area contributed by atoms with Crippen LogP contribution in [0.1, 0.15) is 20.3 Å². The van der Waals surface area contributed by atoms with Gasteiger partial charge in [-0.15, -0.1) is 0 Å². The maximum atomic E-state index is 3.51. The van der Waals surface area contributed by atoms with Crippen LogP contribution in [0.3, 0.4) is 0 Å². The summed E-state index contributed by atoms with van der Waals surface area (Å²) in [5.41, 5.74) is 1.49. The third kappa shape index (κ3) is 2.31. The highest BCUT2D eigenvalue weighted by molar-refractivity contribution is 5.17. The summed E-state index contributed by atoms with van der Waals surface area (Å²) in [6, 6.07) is 1.18. The fourth-order valence-corrected chi connectivity index (χ4v) is 1.61. The Bertz CT molecular complexity index is 152. The largest absolute Gasteiger partial charge is 0.320 e. The Morgan fingerprint density at radius 1 is 1.64 bits per heavy atom.